The lowest BCUT2D eigenvalue weighted by molar-refractivity contribution is -0.176. The highest BCUT2D eigenvalue weighted by atomic mass is 127. The fourth-order valence-electron chi connectivity index (χ4n) is 1.96. The van der Waals surface area contributed by atoms with Crippen molar-refractivity contribution in [2.75, 3.05) is 13.7 Å². The first-order valence-corrected chi connectivity index (χ1v) is 7.10. The van der Waals surface area contributed by atoms with Crippen LogP contribution in [0, 0.1) is 0 Å². The summed E-state index contributed by atoms with van der Waals surface area (Å²) in [6.07, 6.45) is -1.99. The molecule has 0 amide bonds. The molecule has 2 N–H and O–H groups in total. The van der Waals surface area contributed by atoms with E-state index in [9.17, 15) is 13.2 Å². The Kier molecular flexibility index (Phi) is 7.59. The van der Waals surface area contributed by atoms with Gasteiger partial charge in [-0.15, -0.1) is 24.0 Å². The molecule has 1 saturated carbocycles. The predicted molar refractivity (Wildman–Crippen MR) is 93.7 cm³/mol. The van der Waals surface area contributed by atoms with Crippen molar-refractivity contribution in [3.63, 3.8) is 0 Å². The van der Waals surface area contributed by atoms with E-state index >= 15 is 0 Å². The van der Waals surface area contributed by atoms with Gasteiger partial charge in [0, 0.05) is 13.1 Å². The van der Waals surface area contributed by atoms with E-state index in [1.165, 1.54) is 0 Å². The number of nitrogens with two attached hydrogens (primary N) is 1. The molecule has 2 rings (SSSR count). The second kappa shape index (κ2) is 8.72. The Hall–Kier alpha value is -1.03. The molecule has 0 saturated heterocycles. The lowest BCUT2D eigenvalue weighted by atomic mass is 10.1. The van der Waals surface area contributed by atoms with Crippen LogP contribution in [0.25, 0.3) is 0 Å². The Morgan fingerprint density at radius 2 is 1.83 bits per heavy atom. The molecule has 0 bridgehead atoms. The number of alkyl halides is 3. The molecule has 0 aromatic heterocycles. The van der Waals surface area contributed by atoms with Crippen LogP contribution < -0.4 is 5.73 Å². The molecule has 1 aliphatic carbocycles. The van der Waals surface area contributed by atoms with Gasteiger partial charge in [-0.1, -0.05) is 24.3 Å². The van der Waals surface area contributed by atoms with Gasteiger partial charge in [0.15, 0.2) is 5.96 Å². The Morgan fingerprint density at radius 3 is 2.35 bits per heavy atom. The van der Waals surface area contributed by atoms with Gasteiger partial charge in [0.2, 0.25) is 0 Å². The minimum atomic E-state index is -4.29. The van der Waals surface area contributed by atoms with Crippen molar-refractivity contribution in [1.29, 1.82) is 0 Å². The summed E-state index contributed by atoms with van der Waals surface area (Å²) in [6, 6.07) is 7.63. The van der Waals surface area contributed by atoms with E-state index in [0.29, 0.717) is 24.1 Å². The Bertz CT molecular complexity index is 516. The van der Waals surface area contributed by atoms with E-state index in [1.54, 1.807) is 12.1 Å². The van der Waals surface area contributed by atoms with Crippen molar-refractivity contribution >= 4 is 29.9 Å². The van der Waals surface area contributed by atoms with Gasteiger partial charge < -0.3 is 15.4 Å². The molecule has 0 radical (unpaired) electrons. The molecule has 1 aromatic carbocycles. The van der Waals surface area contributed by atoms with Crippen LogP contribution in [0.5, 0.6) is 0 Å². The summed E-state index contributed by atoms with van der Waals surface area (Å²) in [5.74, 6) is 0.514. The zero-order chi connectivity index (χ0) is 16.2. The third kappa shape index (κ3) is 7.38. The van der Waals surface area contributed by atoms with Crippen LogP contribution >= 0.6 is 24.0 Å². The van der Waals surface area contributed by atoms with E-state index in [0.717, 1.165) is 18.4 Å². The Labute approximate surface area is 150 Å². The standard InChI is InChI=1S/C15H20F3N3O.HI/c1-21(13-6-7-13)14(19)20-8-11-2-4-12(5-3-11)9-22-10-15(16,17)18;/h2-5,13H,6-10H2,1H3,(H2,19,20);1H. The van der Waals surface area contributed by atoms with Gasteiger partial charge in [0.05, 0.1) is 13.2 Å². The first-order valence-electron chi connectivity index (χ1n) is 7.10. The van der Waals surface area contributed by atoms with Crippen molar-refractivity contribution in [3.8, 4) is 0 Å². The van der Waals surface area contributed by atoms with Crippen molar-refractivity contribution in [2.24, 2.45) is 10.7 Å². The molecule has 23 heavy (non-hydrogen) atoms. The molecule has 0 atom stereocenters. The number of aliphatic imine (C=N–C) groups is 1. The summed E-state index contributed by atoms with van der Waals surface area (Å²) >= 11 is 0. The molecule has 130 valence electrons. The van der Waals surface area contributed by atoms with Gasteiger partial charge >= 0.3 is 6.18 Å². The monoisotopic (exact) mass is 443 g/mol. The van der Waals surface area contributed by atoms with Crippen LogP contribution in [0.1, 0.15) is 24.0 Å². The summed E-state index contributed by atoms with van der Waals surface area (Å²) in [6.45, 7) is -0.842. The second-order valence-corrected chi connectivity index (χ2v) is 5.44. The molecular weight excluding hydrogens is 422 g/mol. The largest absolute Gasteiger partial charge is 0.411 e. The molecule has 8 heteroatoms. The van der Waals surface area contributed by atoms with Crippen LogP contribution in [-0.4, -0.2) is 36.7 Å². The van der Waals surface area contributed by atoms with Gasteiger partial charge in [-0.2, -0.15) is 13.2 Å². The number of halogens is 4. The summed E-state index contributed by atoms with van der Waals surface area (Å²) in [7, 11) is 1.93. The molecule has 0 aliphatic heterocycles. The predicted octanol–water partition coefficient (Wildman–Crippen LogP) is 3.29. The van der Waals surface area contributed by atoms with Crippen molar-refractivity contribution < 1.29 is 17.9 Å². The SMILES string of the molecule is CN(C(N)=NCc1ccc(COCC(F)(F)F)cc1)C1CC1.I. The fraction of sp³-hybridized carbons (Fsp3) is 0.533. The van der Waals surface area contributed by atoms with Gasteiger partial charge in [-0.05, 0) is 24.0 Å². The van der Waals surface area contributed by atoms with Crippen LogP contribution in [0.3, 0.4) is 0 Å². The lowest BCUT2D eigenvalue weighted by Crippen LogP contribution is -2.35. The molecule has 1 fully saturated rings. The number of hydrogen-bond donors (Lipinski definition) is 1. The average molecular weight is 443 g/mol. The molecule has 1 aliphatic rings. The molecule has 0 heterocycles. The number of hydrogen-bond acceptors (Lipinski definition) is 2. The first kappa shape index (κ1) is 20.0. The van der Waals surface area contributed by atoms with E-state index in [-0.39, 0.29) is 30.6 Å². The van der Waals surface area contributed by atoms with Crippen molar-refractivity contribution in [1.82, 2.24) is 4.90 Å². The van der Waals surface area contributed by atoms with E-state index in [1.807, 2.05) is 24.1 Å². The van der Waals surface area contributed by atoms with Crippen LogP contribution in [0.4, 0.5) is 13.2 Å². The maximum atomic E-state index is 12.0. The van der Waals surface area contributed by atoms with Gasteiger partial charge in [-0.3, -0.25) is 0 Å². The van der Waals surface area contributed by atoms with Gasteiger partial charge in [0.1, 0.15) is 6.61 Å². The van der Waals surface area contributed by atoms with Crippen molar-refractivity contribution in [3.05, 3.63) is 35.4 Å². The quantitative estimate of drug-likeness (QED) is 0.417. The molecular formula is C15H21F3IN3O. The third-order valence-electron chi connectivity index (χ3n) is 3.44. The lowest BCUT2D eigenvalue weighted by Gasteiger charge is -2.16. The second-order valence-electron chi connectivity index (χ2n) is 5.44. The number of nitrogens with zero attached hydrogens (tertiary/aromatic N) is 2. The third-order valence-corrected chi connectivity index (χ3v) is 3.44. The van der Waals surface area contributed by atoms with E-state index in [2.05, 4.69) is 9.73 Å². The maximum Gasteiger partial charge on any atom is 0.411 e. The van der Waals surface area contributed by atoms with E-state index < -0.39 is 12.8 Å². The van der Waals surface area contributed by atoms with Crippen LogP contribution in [-0.2, 0) is 17.9 Å². The topological polar surface area (TPSA) is 50.8 Å². The fourth-order valence-corrected chi connectivity index (χ4v) is 1.96. The highest BCUT2D eigenvalue weighted by Gasteiger charge is 2.27. The van der Waals surface area contributed by atoms with Crippen LogP contribution in [0.2, 0.25) is 0 Å². The highest BCUT2D eigenvalue weighted by Crippen LogP contribution is 2.25. The number of benzene rings is 1. The van der Waals surface area contributed by atoms with Gasteiger partial charge in [-0.25, -0.2) is 4.99 Å². The van der Waals surface area contributed by atoms with E-state index in [4.69, 9.17) is 5.73 Å². The number of guanidine groups is 1. The Morgan fingerprint density at radius 1 is 1.26 bits per heavy atom. The summed E-state index contributed by atoms with van der Waals surface area (Å²) in [5.41, 5.74) is 7.54. The Balaban J connectivity index is 0.00000264. The minimum Gasteiger partial charge on any atom is -0.370 e. The van der Waals surface area contributed by atoms with Crippen LogP contribution in [0.15, 0.2) is 29.3 Å². The summed E-state index contributed by atoms with van der Waals surface area (Å²) in [5, 5.41) is 0. The van der Waals surface area contributed by atoms with Crippen molar-refractivity contribution in [2.45, 2.75) is 38.2 Å². The molecule has 1 aromatic rings. The number of rotatable bonds is 6. The molecule has 0 spiro atoms. The minimum absolute atomic E-state index is 0. The smallest absolute Gasteiger partial charge is 0.370 e. The average Bonchev–Trinajstić information content (AvgIpc) is 3.28. The zero-order valence-electron chi connectivity index (χ0n) is 12.8. The number of ether oxygens (including phenoxy) is 1. The normalized spacial score (nSPS) is 15.2. The zero-order valence-corrected chi connectivity index (χ0v) is 15.2. The summed E-state index contributed by atoms with van der Waals surface area (Å²) < 4.78 is 40.5. The first-order chi connectivity index (χ1) is 10.3. The highest BCUT2D eigenvalue weighted by molar-refractivity contribution is 14.0. The summed E-state index contributed by atoms with van der Waals surface area (Å²) in [4.78, 5) is 6.29. The van der Waals surface area contributed by atoms with Gasteiger partial charge in [0.25, 0.3) is 0 Å². The maximum absolute atomic E-state index is 12.0. The molecule has 0 unspecified atom stereocenters. The molecule has 4 nitrogen and oxygen atoms in total.